The molecular weight excluding hydrogens is 517 g/mol. The van der Waals surface area contributed by atoms with Crippen LogP contribution in [0.1, 0.15) is 46.0 Å². The SMILES string of the molecule is Fc1cc(Br)cc2c1C1Cc3cc(Br)ccc3N1C(c1ccc(CC3CC3)s1)O2. The van der Waals surface area contributed by atoms with Crippen LogP contribution in [-0.2, 0) is 12.8 Å². The number of thiophene rings is 1. The molecule has 0 spiro atoms. The maximum absolute atomic E-state index is 15.0. The van der Waals surface area contributed by atoms with Crippen molar-refractivity contribution in [1.82, 2.24) is 0 Å². The van der Waals surface area contributed by atoms with Crippen molar-refractivity contribution in [2.45, 2.75) is 38.0 Å². The average molecular weight is 535 g/mol. The third-order valence-electron chi connectivity index (χ3n) is 6.06. The summed E-state index contributed by atoms with van der Waals surface area (Å²) in [5.41, 5.74) is 3.02. The summed E-state index contributed by atoms with van der Waals surface area (Å²) in [4.78, 5) is 4.88. The predicted octanol–water partition coefficient (Wildman–Crippen LogP) is 7.56. The van der Waals surface area contributed by atoms with Gasteiger partial charge in [-0.1, -0.05) is 31.9 Å². The van der Waals surface area contributed by atoms with E-state index < -0.39 is 0 Å². The number of nitrogens with zero attached hydrogens (tertiary/aromatic N) is 1. The lowest BCUT2D eigenvalue weighted by Crippen LogP contribution is -2.37. The molecule has 1 aromatic heterocycles. The van der Waals surface area contributed by atoms with Crippen molar-refractivity contribution in [3.8, 4) is 5.75 Å². The first-order valence-corrected chi connectivity index (χ1v) is 12.3. The van der Waals surface area contributed by atoms with Crippen molar-refractivity contribution in [3.05, 3.63) is 78.1 Å². The highest BCUT2D eigenvalue weighted by Gasteiger charge is 2.44. The maximum atomic E-state index is 15.0. The van der Waals surface area contributed by atoms with E-state index >= 15 is 4.39 Å². The van der Waals surface area contributed by atoms with E-state index in [9.17, 15) is 0 Å². The van der Waals surface area contributed by atoms with E-state index in [2.05, 4.69) is 67.1 Å². The van der Waals surface area contributed by atoms with E-state index in [1.54, 1.807) is 6.07 Å². The van der Waals surface area contributed by atoms with Crippen molar-refractivity contribution < 1.29 is 9.13 Å². The Morgan fingerprint density at radius 3 is 2.76 bits per heavy atom. The van der Waals surface area contributed by atoms with Crippen molar-refractivity contribution in [3.63, 3.8) is 0 Å². The van der Waals surface area contributed by atoms with Crippen LogP contribution < -0.4 is 9.64 Å². The zero-order chi connectivity index (χ0) is 19.7. The lowest BCUT2D eigenvalue weighted by Gasteiger charge is -2.40. The highest BCUT2D eigenvalue weighted by Crippen LogP contribution is 2.54. The lowest BCUT2D eigenvalue weighted by molar-refractivity contribution is 0.168. The molecule has 0 saturated heterocycles. The molecule has 6 heteroatoms. The lowest BCUT2D eigenvalue weighted by atomic mass is 9.99. The Labute approximate surface area is 189 Å². The molecule has 3 heterocycles. The van der Waals surface area contributed by atoms with Gasteiger partial charge in [0.1, 0.15) is 11.6 Å². The summed E-state index contributed by atoms with van der Waals surface area (Å²) >= 11 is 8.85. The van der Waals surface area contributed by atoms with Gasteiger partial charge in [-0.25, -0.2) is 4.39 Å². The van der Waals surface area contributed by atoms with Gasteiger partial charge in [0.2, 0.25) is 6.23 Å². The average Bonchev–Trinajstić information content (AvgIpc) is 3.22. The largest absolute Gasteiger partial charge is 0.465 e. The topological polar surface area (TPSA) is 12.5 Å². The summed E-state index contributed by atoms with van der Waals surface area (Å²) in [5, 5.41) is 0. The van der Waals surface area contributed by atoms with Gasteiger partial charge < -0.3 is 9.64 Å². The Hall–Kier alpha value is -1.37. The van der Waals surface area contributed by atoms with Gasteiger partial charge in [0, 0.05) is 19.5 Å². The first-order chi connectivity index (χ1) is 14.1. The summed E-state index contributed by atoms with van der Waals surface area (Å²) in [6.07, 6.45) is 4.41. The van der Waals surface area contributed by atoms with E-state index in [1.165, 1.54) is 34.6 Å². The Bertz CT molecular complexity index is 1130. The quantitative estimate of drug-likeness (QED) is 0.343. The molecule has 0 N–H and O–H groups in total. The van der Waals surface area contributed by atoms with Crippen LogP contribution in [0.2, 0.25) is 0 Å². The molecule has 0 amide bonds. The molecule has 29 heavy (non-hydrogen) atoms. The molecule has 2 unspecified atom stereocenters. The molecule has 3 aliphatic rings. The zero-order valence-electron chi connectivity index (χ0n) is 15.5. The van der Waals surface area contributed by atoms with Crippen molar-refractivity contribution in [1.29, 1.82) is 0 Å². The van der Waals surface area contributed by atoms with Gasteiger partial charge in [-0.15, -0.1) is 11.3 Å². The first-order valence-electron chi connectivity index (χ1n) is 9.88. The normalized spacial score (nSPS) is 22.1. The van der Waals surface area contributed by atoms with Crippen LogP contribution in [0.15, 0.2) is 51.4 Å². The van der Waals surface area contributed by atoms with Crippen LogP contribution in [-0.4, -0.2) is 0 Å². The number of benzene rings is 2. The standard InChI is InChI=1S/C23H18Br2FNOS/c24-14-3-5-18-13(8-14)9-19-22-17(26)10-15(25)11-20(22)28-23(27(18)19)21-6-4-16(29-21)7-12-1-2-12/h3-6,8,10-12,19,23H,1-2,7,9H2. The van der Waals surface area contributed by atoms with Gasteiger partial charge >= 0.3 is 0 Å². The van der Waals surface area contributed by atoms with Crippen LogP contribution in [0.4, 0.5) is 10.1 Å². The van der Waals surface area contributed by atoms with Gasteiger partial charge in [-0.05, 0) is 79.6 Å². The van der Waals surface area contributed by atoms with E-state index in [1.807, 2.05) is 17.4 Å². The van der Waals surface area contributed by atoms with Crippen LogP contribution in [0.3, 0.4) is 0 Å². The first kappa shape index (κ1) is 18.4. The fourth-order valence-corrected chi connectivity index (χ4v) is 6.55. The van der Waals surface area contributed by atoms with Crippen LogP contribution in [0, 0.1) is 11.7 Å². The molecule has 2 aromatic carbocycles. The number of ether oxygens (including phenoxy) is 1. The molecular formula is C23H18Br2FNOS. The summed E-state index contributed by atoms with van der Waals surface area (Å²) in [6.45, 7) is 0. The Morgan fingerprint density at radius 1 is 1.07 bits per heavy atom. The molecule has 0 radical (unpaired) electrons. The number of fused-ring (bicyclic) bond motifs is 5. The molecule has 6 rings (SSSR count). The summed E-state index contributed by atoms with van der Waals surface area (Å²) in [7, 11) is 0. The number of anilines is 1. The molecule has 3 aromatic rings. The number of hydrogen-bond donors (Lipinski definition) is 0. The molecule has 2 aliphatic heterocycles. The number of hydrogen-bond acceptors (Lipinski definition) is 3. The zero-order valence-corrected chi connectivity index (χ0v) is 19.5. The summed E-state index contributed by atoms with van der Waals surface area (Å²) < 4.78 is 23.2. The van der Waals surface area contributed by atoms with Gasteiger partial charge in [0.05, 0.1) is 16.5 Å². The van der Waals surface area contributed by atoms with E-state index in [4.69, 9.17) is 4.74 Å². The minimum absolute atomic E-state index is 0.0601. The second kappa shape index (κ2) is 6.82. The second-order valence-corrected chi connectivity index (χ2v) is 11.2. The smallest absolute Gasteiger partial charge is 0.208 e. The molecule has 2 nitrogen and oxygen atoms in total. The molecule has 1 saturated carbocycles. The highest BCUT2D eigenvalue weighted by molar-refractivity contribution is 9.10. The van der Waals surface area contributed by atoms with Gasteiger partial charge in [-0.2, -0.15) is 0 Å². The van der Waals surface area contributed by atoms with Crippen molar-refractivity contribution in [2.75, 3.05) is 4.90 Å². The van der Waals surface area contributed by atoms with Gasteiger partial charge in [0.25, 0.3) is 0 Å². The van der Waals surface area contributed by atoms with Crippen LogP contribution in [0.25, 0.3) is 0 Å². The van der Waals surface area contributed by atoms with E-state index in [-0.39, 0.29) is 18.1 Å². The maximum Gasteiger partial charge on any atom is 0.208 e. The Kier molecular flexibility index (Phi) is 4.33. The predicted molar refractivity (Wildman–Crippen MR) is 121 cm³/mol. The van der Waals surface area contributed by atoms with E-state index in [0.717, 1.165) is 22.5 Å². The molecule has 2 atom stereocenters. The fourth-order valence-electron chi connectivity index (χ4n) is 4.57. The molecule has 148 valence electrons. The monoisotopic (exact) mass is 533 g/mol. The number of rotatable bonds is 3. The molecule has 1 aliphatic carbocycles. The highest BCUT2D eigenvalue weighted by atomic mass is 79.9. The number of halogens is 3. The van der Waals surface area contributed by atoms with Gasteiger partial charge in [-0.3, -0.25) is 0 Å². The Morgan fingerprint density at radius 2 is 1.93 bits per heavy atom. The van der Waals surface area contributed by atoms with E-state index in [0.29, 0.717) is 15.8 Å². The van der Waals surface area contributed by atoms with Crippen LogP contribution in [0.5, 0.6) is 5.75 Å². The third-order valence-corrected chi connectivity index (χ3v) is 8.15. The van der Waals surface area contributed by atoms with Crippen LogP contribution >= 0.6 is 43.2 Å². The van der Waals surface area contributed by atoms with Crippen molar-refractivity contribution >= 4 is 48.9 Å². The minimum Gasteiger partial charge on any atom is -0.465 e. The summed E-state index contributed by atoms with van der Waals surface area (Å²) in [6, 6.07) is 14.1. The Balaban J connectivity index is 1.47. The second-order valence-electron chi connectivity index (χ2n) is 8.12. The third kappa shape index (κ3) is 3.15. The minimum atomic E-state index is -0.235. The molecule has 1 fully saturated rings. The molecule has 0 bridgehead atoms. The van der Waals surface area contributed by atoms with Crippen molar-refractivity contribution in [2.24, 2.45) is 5.92 Å². The van der Waals surface area contributed by atoms with Gasteiger partial charge in [0.15, 0.2) is 0 Å². The fraction of sp³-hybridized carbons (Fsp3) is 0.304. The summed E-state index contributed by atoms with van der Waals surface area (Å²) in [5.74, 6) is 1.29.